The van der Waals surface area contributed by atoms with Gasteiger partial charge in [-0.1, -0.05) is 12.8 Å². The molecule has 1 heterocycles. The maximum Gasteiger partial charge on any atom is 0.254 e. The van der Waals surface area contributed by atoms with Gasteiger partial charge in [0.25, 0.3) is 5.91 Å². The molecule has 0 bridgehead atoms. The molecule has 1 unspecified atom stereocenters. The van der Waals surface area contributed by atoms with Gasteiger partial charge in [0.1, 0.15) is 6.10 Å². The Morgan fingerprint density at radius 1 is 1.23 bits per heavy atom. The average molecular weight is 343 g/mol. The summed E-state index contributed by atoms with van der Waals surface area (Å²) in [6.45, 7) is 1.99. The van der Waals surface area contributed by atoms with Gasteiger partial charge in [0.05, 0.1) is 6.61 Å². The molecular formula is C16H23ClN2O2S. The molecule has 2 N–H and O–H groups in total. The minimum absolute atomic E-state index is 0. The number of rotatable bonds is 4. The van der Waals surface area contributed by atoms with Crippen LogP contribution in [-0.2, 0) is 9.53 Å². The van der Waals surface area contributed by atoms with E-state index in [2.05, 4.69) is 22.8 Å². The molecule has 0 aromatic heterocycles. The normalized spacial score (nSPS) is 22.1. The molecule has 1 atom stereocenters. The minimum Gasteiger partial charge on any atom is -0.366 e. The highest BCUT2D eigenvalue weighted by Crippen LogP contribution is 2.34. The van der Waals surface area contributed by atoms with Crippen molar-refractivity contribution in [3.8, 4) is 0 Å². The summed E-state index contributed by atoms with van der Waals surface area (Å²) in [6.07, 6.45) is 5.00. The first-order valence-corrected chi connectivity index (χ1v) is 8.59. The van der Waals surface area contributed by atoms with E-state index in [9.17, 15) is 4.79 Å². The number of ether oxygens (including phenoxy) is 1. The Labute approximate surface area is 142 Å². The van der Waals surface area contributed by atoms with Crippen molar-refractivity contribution in [2.24, 2.45) is 0 Å². The molecule has 2 fully saturated rings. The van der Waals surface area contributed by atoms with Crippen molar-refractivity contribution in [3.05, 3.63) is 24.3 Å². The SMILES string of the molecule is Cl.O=C(Nc1ccc(SC2CCCC2)cc1)C1CNCCO1. The molecule has 22 heavy (non-hydrogen) atoms. The Bertz CT molecular complexity index is 472. The second-order valence-electron chi connectivity index (χ2n) is 5.60. The number of carbonyl (C=O) groups excluding carboxylic acids is 1. The van der Waals surface area contributed by atoms with Crippen molar-refractivity contribution < 1.29 is 9.53 Å². The maximum atomic E-state index is 12.0. The summed E-state index contributed by atoms with van der Waals surface area (Å²) in [5.74, 6) is -0.0709. The molecule has 3 rings (SSSR count). The lowest BCUT2D eigenvalue weighted by atomic mass is 10.2. The first-order valence-electron chi connectivity index (χ1n) is 7.71. The summed E-state index contributed by atoms with van der Waals surface area (Å²) in [4.78, 5) is 13.3. The molecule has 1 aliphatic heterocycles. The quantitative estimate of drug-likeness (QED) is 0.883. The number of anilines is 1. The van der Waals surface area contributed by atoms with Crippen LogP contribution in [0.1, 0.15) is 25.7 Å². The molecule has 1 aliphatic carbocycles. The van der Waals surface area contributed by atoms with E-state index in [1.165, 1.54) is 30.6 Å². The minimum atomic E-state index is -0.383. The smallest absolute Gasteiger partial charge is 0.254 e. The molecule has 0 radical (unpaired) electrons. The van der Waals surface area contributed by atoms with Gasteiger partial charge in [-0.2, -0.15) is 0 Å². The fourth-order valence-corrected chi connectivity index (χ4v) is 4.02. The van der Waals surface area contributed by atoms with Crippen LogP contribution in [0.4, 0.5) is 5.69 Å². The van der Waals surface area contributed by atoms with Crippen LogP contribution in [0, 0.1) is 0 Å². The number of hydrogen-bond acceptors (Lipinski definition) is 4. The third-order valence-corrected chi connectivity index (χ3v) is 5.30. The van der Waals surface area contributed by atoms with E-state index in [0.29, 0.717) is 13.2 Å². The largest absolute Gasteiger partial charge is 0.366 e. The predicted octanol–water partition coefficient (Wildman–Crippen LogP) is 3.07. The zero-order valence-corrected chi connectivity index (χ0v) is 14.2. The first-order chi connectivity index (χ1) is 10.3. The van der Waals surface area contributed by atoms with Crippen LogP contribution >= 0.6 is 24.2 Å². The van der Waals surface area contributed by atoms with Crippen molar-refractivity contribution in [3.63, 3.8) is 0 Å². The Morgan fingerprint density at radius 2 is 1.95 bits per heavy atom. The van der Waals surface area contributed by atoms with E-state index in [-0.39, 0.29) is 24.4 Å². The van der Waals surface area contributed by atoms with Crippen LogP contribution in [-0.4, -0.2) is 37.0 Å². The number of benzene rings is 1. The van der Waals surface area contributed by atoms with E-state index < -0.39 is 0 Å². The van der Waals surface area contributed by atoms with E-state index in [1.54, 1.807) is 0 Å². The monoisotopic (exact) mass is 342 g/mol. The average Bonchev–Trinajstić information content (AvgIpc) is 3.03. The molecule has 4 nitrogen and oxygen atoms in total. The van der Waals surface area contributed by atoms with Gasteiger partial charge >= 0.3 is 0 Å². The standard InChI is InChI=1S/C16H22N2O2S.ClH/c19-16(15-11-17-9-10-20-15)18-12-5-7-14(8-6-12)21-13-3-1-2-4-13;/h5-8,13,15,17H,1-4,9-11H2,(H,18,19);1H. The van der Waals surface area contributed by atoms with E-state index in [1.807, 2.05) is 23.9 Å². The van der Waals surface area contributed by atoms with Gasteiger partial charge in [0.2, 0.25) is 0 Å². The van der Waals surface area contributed by atoms with Gasteiger partial charge in [0.15, 0.2) is 0 Å². The predicted molar refractivity (Wildman–Crippen MR) is 93.0 cm³/mol. The highest BCUT2D eigenvalue weighted by atomic mass is 35.5. The molecule has 6 heteroatoms. The topological polar surface area (TPSA) is 50.4 Å². The molecule has 1 aromatic rings. The Kier molecular flexibility index (Phi) is 7.02. The molecule has 0 spiro atoms. The van der Waals surface area contributed by atoms with E-state index in [0.717, 1.165) is 17.5 Å². The van der Waals surface area contributed by atoms with Gasteiger partial charge in [-0.15, -0.1) is 24.2 Å². The summed E-state index contributed by atoms with van der Waals surface area (Å²) in [6, 6.07) is 8.15. The second-order valence-corrected chi connectivity index (χ2v) is 6.98. The zero-order valence-electron chi connectivity index (χ0n) is 12.5. The highest BCUT2D eigenvalue weighted by Gasteiger charge is 2.21. The van der Waals surface area contributed by atoms with Crippen LogP contribution in [0.3, 0.4) is 0 Å². The lowest BCUT2D eigenvalue weighted by molar-refractivity contribution is -0.128. The second kappa shape index (κ2) is 8.77. The number of halogens is 1. The van der Waals surface area contributed by atoms with Crippen LogP contribution in [0.5, 0.6) is 0 Å². The molecule has 122 valence electrons. The van der Waals surface area contributed by atoms with Crippen LogP contribution in [0.15, 0.2) is 29.2 Å². The fraction of sp³-hybridized carbons (Fsp3) is 0.562. The Morgan fingerprint density at radius 3 is 2.59 bits per heavy atom. The van der Waals surface area contributed by atoms with Gasteiger partial charge in [-0.05, 0) is 37.1 Å². The van der Waals surface area contributed by atoms with Crippen molar-refractivity contribution in [2.45, 2.75) is 41.9 Å². The van der Waals surface area contributed by atoms with Crippen LogP contribution in [0.25, 0.3) is 0 Å². The molecule has 1 saturated carbocycles. The summed E-state index contributed by atoms with van der Waals surface area (Å²) in [5.41, 5.74) is 0.838. The number of amides is 1. The summed E-state index contributed by atoms with van der Waals surface area (Å²) in [5, 5.41) is 6.85. The highest BCUT2D eigenvalue weighted by molar-refractivity contribution is 8.00. The van der Waals surface area contributed by atoms with Gasteiger partial charge < -0.3 is 15.4 Å². The van der Waals surface area contributed by atoms with Gasteiger partial charge in [0, 0.05) is 28.9 Å². The lowest BCUT2D eigenvalue weighted by Gasteiger charge is -2.22. The van der Waals surface area contributed by atoms with E-state index >= 15 is 0 Å². The summed E-state index contributed by atoms with van der Waals surface area (Å²) < 4.78 is 5.45. The van der Waals surface area contributed by atoms with Gasteiger partial charge in [-0.25, -0.2) is 0 Å². The van der Waals surface area contributed by atoms with Crippen molar-refractivity contribution in [1.29, 1.82) is 0 Å². The molecule has 1 saturated heterocycles. The number of hydrogen-bond donors (Lipinski definition) is 2. The fourth-order valence-electron chi connectivity index (χ4n) is 2.77. The summed E-state index contributed by atoms with van der Waals surface area (Å²) in [7, 11) is 0. The molecule has 1 aromatic carbocycles. The van der Waals surface area contributed by atoms with Crippen molar-refractivity contribution in [1.82, 2.24) is 5.32 Å². The number of carbonyl (C=O) groups is 1. The van der Waals surface area contributed by atoms with Crippen molar-refractivity contribution in [2.75, 3.05) is 25.0 Å². The number of morpholine rings is 1. The maximum absolute atomic E-state index is 12.0. The third-order valence-electron chi connectivity index (χ3n) is 3.95. The number of nitrogens with one attached hydrogen (secondary N) is 2. The molecular weight excluding hydrogens is 320 g/mol. The lowest BCUT2D eigenvalue weighted by Crippen LogP contribution is -2.45. The van der Waals surface area contributed by atoms with Gasteiger partial charge in [-0.3, -0.25) is 4.79 Å². The van der Waals surface area contributed by atoms with E-state index in [4.69, 9.17) is 4.74 Å². The van der Waals surface area contributed by atoms with Crippen LogP contribution in [0.2, 0.25) is 0 Å². The Balaban J connectivity index is 0.00000176. The number of thioether (sulfide) groups is 1. The zero-order chi connectivity index (χ0) is 14.5. The third kappa shape index (κ3) is 4.88. The first kappa shape index (κ1) is 17.6. The molecule has 1 amide bonds. The molecule has 2 aliphatic rings. The summed E-state index contributed by atoms with van der Waals surface area (Å²) >= 11 is 1.96. The Hall–Kier alpha value is -0.750. The van der Waals surface area contributed by atoms with Crippen molar-refractivity contribution >= 4 is 35.8 Å². The van der Waals surface area contributed by atoms with Crippen LogP contribution < -0.4 is 10.6 Å².